The fraction of sp³-hybridized carbons (Fsp3) is 0.368. The molecule has 0 radical (unpaired) electrons. The van der Waals surface area contributed by atoms with Crippen LogP contribution in [0.25, 0.3) is 0 Å². The Labute approximate surface area is 185 Å². The lowest BCUT2D eigenvalue weighted by Gasteiger charge is -2.39. The summed E-state index contributed by atoms with van der Waals surface area (Å²) in [6, 6.07) is 11.2. The van der Waals surface area contributed by atoms with Crippen molar-refractivity contribution < 1.29 is 8.23 Å². The summed E-state index contributed by atoms with van der Waals surface area (Å²) in [5.41, 5.74) is 0. The fourth-order valence-electron chi connectivity index (χ4n) is 3.22. The first kappa shape index (κ1) is 22.8. The molecule has 0 saturated carbocycles. The molecule has 0 N–H and O–H groups in total. The van der Waals surface area contributed by atoms with Crippen LogP contribution in [-0.4, -0.2) is 25.2 Å². The molecule has 0 aliphatic carbocycles. The maximum absolute atomic E-state index is 6.89. The van der Waals surface area contributed by atoms with Crippen LogP contribution in [0.4, 0.5) is 0 Å². The van der Waals surface area contributed by atoms with Gasteiger partial charge in [-0.05, 0) is 80.2 Å². The summed E-state index contributed by atoms with van der Waals surface area (Å²) < 4.78 is 18.1. The SMILES string of the molecule is C[Si](C)(C)O[Si](C)(O[Si](C)(C)C)c1ccsc1P(c1cccs1)c1cccs1. The second-order valence-electron chi connectivity index (χ2n) is 8.75. The summed E-state index contributed by atoms with van der Waals surface area (Å²) in [5, 5.41) is 7.99. The molecular weight excluding hydrogens is 472 g/mol. The molecule has 28 heavy (non-hydrogen) atoms. The molecule has 0 atom stereocenters. The Balaban J connectivity index is 2.13. The molecule has 0 amide bonds. The highest BCUT2D eigenvalue weighted by Crippen LogP contribution is 2.38. The third kappa shape index (κ3) is 5.62. The largest absolute Gasteiger partial charge is 0.433 e. The van der Waals surface area contributed by atoms with Crippen molar-refractivity contribution in [2.45, 2.75) is 45.8 Å². The molecule has 3 aromatic heterocycles. The molecule has 0 unspecified atom stereocenters. The van der Waals surface area contributed by atoms with E-state index < -0.39 is 33.1 Å². The van der Waals surface area contributed by atoms with Crippen LogP contribution in [0.1, 0.15) is 0 Å². The van der Waals surface area contributed by atoms with E-state index in [9.17, 15) is 0 Å². The first-order valence-corrected chi connectivity index (χ1v) is 22.5. The minimum absolute atomic E-state index is 0.542. The number of hydrogen-bond donors (Lipinski definition) is 0. The van der Waals surface area contributed by atoms with Crippen LogP contribution >= 0.6 is 41.9 Å². The van der Waals surface area contributed by atoms with Crippen LogP contribution in [0.15, 0.2) is 46.5 Å². The summed E-state index contributed by atoms with van der Waals surface area (Å²) in [5.74, 6) is 0. The van der Waals surface area contributed by atoms with Gasteiger partial charge in [-0.3, -0.25) is 0 Å². The lowest BCUT2D eigenvalue weighted by molar-refractivity contribution is 0.405. The molecule has 0 fully saturated rings. The quantitative estimate of drug-likeness (QED) is 0.296. The number of thiophene rings is 3. The molecule has 0 spiro atoms. The third-order valence-corrected chi connectivity index (χ3v) is 20.1. The Hall–Kier alpha value is 0.101. The molecule has 0 aliphatic heterocycles. The van der Waals surface area contributed by atoms with Crippen molar-refractivity contribution in [1.82, 2.24) is 0 Å². The average molecular weight is 501 g/mol. The van der Waals surface area contributed by atoms with Crippen molar-refractivity contribution in [2.75, 3.05) is 0 Å². The summed E-state index contributed by atoms with van der Waals surface area (Å²) in [6.45, 7) is 15.9. The van der Waals surface area contributed by atoms with Gasteiger partial charge in [-0.15, -0.1) is 34.0 Å². The summed E-state index contributed by atoms with van der Waals surface area (Å²) in [6.07, 6.45) is 0. The van der Waals surface area contributed by atoms with Gasteiger partial charge in [-0.1, -0.05) is 12.1 Å². The van der Waals surface area contributed by atoms with Gasteiger partial charge in [-0.2, -0.15) is 0 Å². The standard InChI is InChI=1S/C19H29O2PS3Si3/c1-26(2,3)20-28(7,21-27(4,5)6)16-12-15-25-19(16)22(17-10-8-13-23-17)18-11-9-14-24-18/h8-15H,1-7H3. The summed E-state index contributed by atoms with van der Waals surface area (Å²) in [7, 11) is -6.58. The van der Waals surface area contributed by atoms with Crippen LogP contribution in [-0.2, 0) is 8.23 Å². The molecule has 3 heterocycles. The Morgan fingerprint density at radius 1 is 0.679 bits per heavy atom. The number of hydrogen-bond acceptors (Lipinski definition) is 5. The molecule has 0 aliphatic rings. The lowest BCUT2D eigenvalue weighted by atomic mass is 10.7. The molecule has 152 valence electrons. The zero-order chi connectivity index (χ0) is 20.6. The van der Waals surface area contributed by atoms with Gasteiger partial charge in [0.25, 0.3) is 0 Å². The van der Waals surface area contributed by atoms with E-state index in [-0.39, 0.29) is 0 Å². The van der Waals surface area contributed by atoms with E-state index >= 15 is 0 Å². The summed E-state index contributed by atoms with van der Waals surface area (Å²) in [4.78, 5) is 0. The van der Waals surface area contributed by atoms with Crippen LogP contribution in [0.5, 0.6) is 0 Å². The van der Waals surface area contributed by atoms with E-state index in [2.05, 4.69) is 92.3 Å². The van der Waals surface area contributed by atoms with Gasteiger partial charge in [0.1, 0.15) is 0 Å². The highest BCUT2D eigenvalue weighted by Gasteiger charge is 2.45. The highest BCUT2D eigenvalue weighted by atomic mass is 32.1. The second-order valence-corrected chi connectivity index (χ2v) is 27.1. The smallest absolute Gasteiger partial charge is 0.350 e. The van der Waals surface area contributed by atoms with E-state index in [0.717, 1.165) is 0 Å². The second kappa shape index (κ2) is 8.69. The van der Waals surface area contributed by atoms with Crippen LogP contribution in [0, 0.1) is 0 Å². The van der Waals surface area contributed by atoms with Crippen LogP contribution in [0.2, 0.25) is 45.8 Å². The topological polar surface area (TPSA) is 18.5 Å². The molecule has 2 nitrogen and oxygen atoms in total. The average Bonchev–Trinajstić information content (AvgIpc) is 3.27. The van der Waals surface area contributed by atoms with Gasteiger partial charge in [0.15, 0.2) is 16.6 Å². The van der Waals surface area contributed by atoms with Crippen molar-refractivity contribution >= 4 is 86.2 Å². The van der Waals surface area contributed by atoms with Crippen LogP contribution in [0.3, 0.4) is 0 Å². The Bertz CT molecular complexity index is 830. The minimum Gasteiger partial charge on any atom is -0.433 e. The molecule has 9 heteroatoms. The Morgan fingerprint density at radius 3 is 1.57 bits per heavy atom. The van der Waals surface area contributed by atoms with E-state index in [4.69, 9.17) is 8.23 Å². The lowest BCUT2D eigenvalue weighted by Crippen LogP contribution is -2.62. The fourth-order valence-corrected chi connectivity index (χ4v) is 23.5. The molecular formula is C19H29O2PS3Si3. The number of rotatable bonds is 8. The van der Waals surface area contributed by atoms with Crippen molar-refractivity contribution in [3.63, 3.8) is 0 Å². The van der Waals surface area contributed by atoms with Gasteiger partial charge >= 0.3 is 8.56 Å². The predicted molar refractivity (Wildman–Crippen MR) is 139 cm³/mol. The maximum Gasteiger partial charge on any atom is 0.350 e. The predicted octanol–water partition coefficient (Wildman–Crippen LogP) is 5.61. The Morgan fingerprint density at radius 2 is 1.18 bits per heavy atom. The molecule has 3 aromatic rings. The molecule has 3 rings (SSSR count). The van der Waals surface area contributed by atoms with Crippen molar-refractivity contribution in [2.24, 2.45) is 0 Å². The van der Waals surface area contributed by atoms with Gasteiger partial charge in [-0.25, -0.2) is 0 Å². The van der Waals surface area contributed by atoms with E-state index in [1.165, 1.54) is 19.0 Å². The first-order chi connectivity index (χ1) is 13.0. The van der Waals surface area contributed by atoms with Gasteiger partial charge < -0.3 is 8.23 Å². The highest BCUT2D eigenvalue weighted by molar-refractivity contribution is 7.91. The van der Waals surface area contributed by atoms with Crippen molar-refractivity contribution in [3.05, 3.63) is 46.5 Å². The summed E-state index contributed by atoms with van der Waals surface area (Å²) >= 11 is 5.61. The Kier molecular flexibility index (Phi) is 7.07. The molecule has 0 aromatic carbocycles. The molecule has 0 bridgehead atoms. The van der Waals surface area contributed by atoms with Crippen molar-refractivity contribution in [3.8, 4) is 0 Å². The van der Waals surface area contributed by atoms with Gasteiger partial charge in [0.2, 0.25) is 0 Å². The van der Waals surface area contributed by atoms with E-state index in [1.54, 1.807) is 0 Å². The minimum atomic E-state index is -2.52. The maximum atomic E-state index is 6.89. The normalized spacial score (nSPS) is 13.4. The van der Waals surface area contributed by atoms with Crippen molar-refractivity contribution in [1.29, 1.82) is 0 Å². The van der Waals surface area contributed by atoms with Gasteiger partial charge in [0, 0.05) is 27.0 Å². The zero-order valence-corrected chi connectivity index (χ0v) is 24.0. The van der Waals surface area contributed by atoms with E-state index in [1.807, 2.05) is 34.0 Å². The monoisotopic (exact) mass is 500 g/mol. The zero-order valence-electron chi connectivity index (χ0n) is 17.6. The van der Waals surface area contributed by atoms with E-state index in [0.29, 0.717) is 0 Å². The third-order valence-electron chi connectivity index (χ3n) is 3.79. The van der Waals surface area contributed by atoms with Crippen LogP contribution < -0.4 is 19.0 Å². The first-order valence-electron chi connectivity index (χ1n) is 9.34. The van der Waals surface area contributed by atoms with Gasteiger partial charge in [0.05, 0.1) is 0 Å². The molecule has 0 saturated heterocycles.